The van der Waals surface area contributed by atoms with Crippen molar-refractivity contribution < 1.29 is 23.1 Å². The summed E-state index contributed by atoms with van der Waals surface area (Å²) in [5.74, 6) is -0.492. The van der Waals surface area contributed by atoms with Crippen molar-refractivity contribution >= 4 is 13.6 Å². The second-order valence-electron chi connectivity index (χ2n) is 3.25. The first-order valence-electron chi connectivity index (χ1n) is 5.03. The van der Waals surface area contributed by atoms with Gasteiger partial charge in [-0.3, -0.25) is 4.57 Å². The molecule has 0 N–H and O–H groups in total. The number of rotatable bonds is 7. The first kappa shape index (κ1) is 15.4. The van der Waals surface area contributed by atoms with E-state index in [1.54, 1.807) is 13.0 Å². The molecule has 0 unspecified atom stereocenters. The fourth-order valence-electron chi connectivity index (χ4n) is 1.07. The molecule has 0 bridgehead atoms. The van der Waals surface area contributed by atoms with Gasteiger partial charge < -0.3 is 13.8 Å². The van der Waals surface area contributed by atoms with Gasteiger partial charge in [-0.2, -0.15) is 0 Å². The average Bonchev–Trinajstić information content (AvgIpc) is 2.26. The van der Waals surface area contributed by atoms with Crippen LogP contribution in [0.15, 0.2) is 12.2 Å². The SMILES string of the molecule is CCOC(=O)/C=C/[C@@H](C)CP(=O)(OC)OC. The monoisotopic (exact) mass is 250 g/mol. The fraction of sp³-hybridized carbons (Fsp3) is 0.700. The molecular formula is C10H19O5P. The third-order valence-electron chi connectivity index (χ3n) is 1.92. The third kappa shape index (κ3) is 6.05. The van der Waals surface area contributed by atoms with E-state index in [4.69, 9.17) is 13.8 Å². The maximum atomic E-state index is 11.7. The van der Waals surface area contributed by atoms with Gasteiger partial charge in [-0.25, -0.2) is 4.79 Å². The van der Waals surface area contributed by atoms with Crippen LogP contribution in [-0.2, 0) is 23.1 Å². The van der Waals surface area contributed by atoms with Crippen LogP contribution in [0.4, 0.5) is 0 Å². The van der Waals surface area contributed by atoms with Crippen LogP contribution in [0.1, 0.15) is 13.8 Å². The van der Waals surface area contributed by atoms with E-state index in [2.05, 4.69) is 0 Å². The highest BCUT2D eigenvalue weighted by Gasteiger charge is 2.23. The molecule has 16 heavy (non-hydrogen) atoms. The number of hydrogen-bond acceptors (Lipinski definition) is 5. The fourth-order valence-corrected chi connectivity index (χ4v) is 2.34. The zero-order valence-corrected chi connectivity index (χ0v) is 11.0. The molecule has 0 aliphatic heterocycles. The topological polar surface area (TPSA) is 61.8 Å². The molecule has 0 aromatic rings. The van der Waals surface area contributed by atoms with Gasteiger partial charge in [-0.15, -0.1) is 0 Å². The molecule has 0 aliphatic carbocycles. The van der Waals surface area contributed by atoms with Crippen molar-refractivity contribution in [3.05, 3.63) is 12.2 Å². The normalized spacial score (nSPS) is 14.0. The molecule has 0 aliphatic rings. The lowest BCUT2D eigenvalue weighted by Crippen LogP contribution is -2.05. The lowest BCUT2D eigenvalue weighted by Gasteiger charge is -2.15. The summed E-state index contributed by atoms with van der Waals surface area (Å²) in [4.78, 5) is 11.0. The molecule has 0 amide bonds. The lowest BCUT2D eigenvalue weighted by atomic mass is 10.2. The Bertz CT molecular complexity index is 279. The van der Waals surface area contributed by atoms with E-state index in [9.17, 15) is 9.36 Å². The van der Waals surface area contributed by atoms with E-state index < -0.39 is 13.6 Å². The maximum absolute atomic E-state index is 11.7. The van der Waals surface area contributed by atoms with E-state index in [1.807, 2.05) is 6.92 Å². The quantitative estimate of drug-likeness (QED) is 0.394. The minimum atomic E-state index is -3.02. The number of hydrogen-bond donors (Lipinski definition) is 0. The van der Waals surface area contributed by atoms with Crippen molar-refractivity contribution in [1.29, 1.82) is 0 Å². The first-order valence-corrected chi connectivity index (χ1v) is 6.75. The second-order valence-corrected chi connectivity index (χ2v) is 5.56. The number of carbonyl (C=O) groups excluding carboxylic acids is 1. The summed E-state index contributed by atoms with van der Waals surface area (Å²) < 4.78 is 26.0. The van der Waals surface area contributed by atoms with Crippen molar-refractivity contribution in [3.63, 3.8) is 0 Å². The van der Waals surface area contributed by atoms with E-state index in [-0.39, 0.29) is 12.1 Å². The molecular weight excluding hydrogens is 231 g/mol. The van der Waals surface area contributed by atoms with Crippen molar-refractivity contribution in [2.24, 2.45) is 5.92 Å². The Labute approximate surface area is 96.3 Å². The Morgan fingerprint density at radius 2 is 1.94 bits per heavy atom. The van der Waals surface area contributed by atoms with E-state index in [1.165, 1.54) is 20.3 Å². The summed E-state index contributed by atoms with van der Waals surface area (Å²) in [6.07, 6.45) is 3.18. The first-order chi connectivity index (χ1) is 7.47. The molecule has 0 heterocycles. The average molecular weight is 250 g/mol. The van der Waals surface area contributed by atoms with Crippen molar-refractivity contribution in [1.82, 2.24) is 0 Å². The van der Waals surface area contributed by atoms with Crippen LogP contribution in [0.25, 0.3) is 0 Å². The van der Waals surface area contributed by atoms with Crippen LogP contribution in [0.3, 0.4) is 0 Å². The Morgan fingerprint density at radius 3 is 2.38 bits per heavy atom. The maximum Gasteiger partial charge on any atom is 0.330 e. The molecule has 94 valence electrons. The third-order valence-corrected chi connectivity index (χ3v) is 4.05. The zero-order valence-electron chi connectivity index (χ0n) is 10.1. The molecule has 0 radical (unpaired) electrons. The van der Waals surface area contributed by atoms with E-state index >= 15 is 0 Å². The molecule has 0 spiro atoms. The summed E-state index contributed by atoms with van der Waals surface area (Å²) in [6, 6.07) is 0. The van der Waals surface area contributed by atoms with Gasteiger partial charge in [0.15, 0.2) is 0 Å². The highest BCUT2D eigenvalue weighted by molar-refractivity contribution is 7.53. The summed E-state index contributed by atoms with van der Waals surface area (Å²) in [5, 5.41) is 0. The van der Waals surface area contributed by atoms with Gasteiger partial charge in [0.2, 0.25) is 0 Å². The summed E-state index contributed by atoms with van der Waals surface area (Å²) in [7, 11) is -0.337. The molecule has 0 fully saturated rings. The summed E-state index contributed by atoms with van der Waals surface area (Å²) >= 11 is 0. The van der Waals surface area contributed by atoms with Crippen molar-refractivity contribution in [3.8, 4) is 0 Å². The summed E-state index contributed by atoms with van der Waals surface area (Å²) in [5.41, 5.74) is 0. The Kier molecular flexibility index (Phi) is 7.30. The predicted molar refractivity (Wildman–Crippen MR) is 61.4 cm³/mol. The lowest BCUT2D eigenvalue weighted by molar-refractivity contribution is -0.137. The molecule has 0 aromatic heterocycles. The molecule has 5 nitrogen and oxygen atoms in total. The van der Waals surface area contributed by atoms with Crippen molar-refractivity contribution in [2.45, 2.75) is 13.8 Å². The van der Waals surface area contributed by atoms with Gasteiger partial charge in [0.05, 0.1) is 12.8 Å². The number of carbonyl (C=O) groups is 1. The Morgan fingerprint density at radius 1 is 1.38 bits per heavy atom. The van der Waals surface area contributed by atoms with E-state index in [0.29, 0.717) is 6.61 Å². The van der Waals surface area contributed by atoms with Gasteiger partial charge >= 0.3 is 13.6 Å². The van der Waals surface area contributed by atoms with Crippen LogP contribution in [0, 0.1) is 5.92 Å². The molecule has 1 atom stereocenters. The van der Waals surface area contributed by atoms with Gasteiger partial charge in [-0.1, -0.05) is 13.0 Å². The minimum Gasteiger partial charge on any atom is -0.463 e. The largest absolute Gasteiger partial charge is 0.463 e. The standard InChI is InChI=1S/C10H19O5P/c1-5-15-10(11)7-6-9(2)8-16(12,13-3)14-4/h6-7,9H,5,8H2,1-4H3/b7-6+/t9-/m1/s1. The number of ether oxygens (including phenoxy) is 1. The summed E-state index contributed by atoms with van der Waals surface area (Å²) in [6.45, 7) is 3.89. The molecule has 0 aromatic carbocycles. The predicted octanol–water partition coefficient (Wildman–Crippen LogP) is 2.23. The molecule has 6 heteroatoms. The van der Waals surface area contributed by atoms with Gasteiger partial charge in [0.1, 0.15) is 0 Å². The van der Waals surface area contributed by atoms with Crippen LogP contribution in [0.2, 0.25) is 0 Å². The molecule has 0 saturated carbocycles. The smallest absolute Gasteiger partial charge is 0.330 e. The van der Waals surface area contributed by atoms with Gasteiger partial charge in [-0.05, 0) is 12.8 Å². The molecule has 0 rings (SSSR count). The minimum absolute atomic E-state index is 0.0878. The second kappa shape index (κ2) is 7.60. The van der Waals surface area contributed by atoms with Gasteiger partial charge in [0, 0.05) is 20.3 Å². The van der Waals surface area contributed by atoms with E-state index in [0.717, 1.165) is 0 Å². The highest BCUT2D eigenvalue weighted by Crippen LogP contribution is 2.47. The Hall–Kier alpha value is -0.640. The van der Waals surface area contributed by atoms with Crippen LogP contribution in [0.5, 0.6) is 0 Å². The highest BCUT2D eigenvalue weighted by atomic mass is 31.2. The van der Waals surface area contributed by atoms with Crippen molar-refractivity contribution in [2.75, 3.05) is 27.0 Å². The Balaban J connectivity index is 4.22. The van der Waals surface area contributed by atoms with Gasteiger partial charge in [0.25, 0.3) is 0 Å². The number of allylic oxidation sites excluding steroid dienone is 1. The zero-order chi connectivity index (χ0) is 12.6. The van der Waals surface area contributed by atoms with Crippen LogP contribution < -0.4 is 0 Å². The number of esters is 1. The molecule has 0 saturated heterocycles. The van der Waals surface area contributed by atoms with Crippen LogP contribution in [-0.4, -0.2) is 33.0 Å². The van der Waals surface area contributed by atoms with Crippen LogP contribution >= 0.6 is 7.60 Å².